The number of rotatable bonds is 3. The molecule has 1 aromatic carbocycles. The average Bonchev–Trinajstić information content (AvgIpc) is 2.39. The summed E-state index contributed by atoms with van der Waals surface area (Å²) in [5.41, 5.74) is 0.429. The SMILES string of the molecule is NS(=O)(=O)c1ccc(C(=O)NC2CCCNC2)cc1. The quantitative estimate of drug-likeness (QED) is 0.716. The molecule has 0 aromatic heterocycles. The maximum absolute atomic E-state index is 12.0. The van der Waals surface area contributed by atoms with E-state index in [1.165, 1.54) is 24.3 Å². The second kappa shape index (κ2) is 5.68. The van der Waals surface area contributed by atoms with Crippen LogP contribution in [0.3, 0.4) is 0 Å². The Morgan fingerprint density at radius 1 is 1.32 bits per heavy atom. The third-order valence-corrected chi connectivity index (χ3v) is 4.01. The predicted molar refractivity (Wildman–Crippen MR) is 71.2 cm³/mol. The molecule has 0 radical (unpaired) electrons. The summed E-state index contributed by atoms with van der Waals surface area (Å²) in [6.45, 7) is 1.75. The van der Waals surface area contributed by atoms with E-state index in [4.69, 9.17) is 5.14 Å². The van der Waals surface area contributed by atoms with Gasteiger partial charge in [0.1, 0.15) is 0 Å². The summed E-state index contributed by atoms with van der Waals surface area (Å²) in [5.74, 6) is -0.199. The Morgan fingerprint density at radius 3 is 2.53 bits per heavy atom. The number of hydrogen-bond acceptors (Lipinski definition) is 4. The van der Waals surface area contributed by atoms with Crippen LogP contribution in [0, 0.1) is 0 Å². The molecule has 0 spiro atoms. The van der Waals surface area contributed by atoms with Gasteiger partial charge < -0.3 is 10.6 Å². The Hall–Kier alpha value is -1.44. The van der Waals surface area contributed by atoms with Gasteiger partial charge in [-0.15, -0.1) is 0 Å². The maximum Gasteiger partial charge on any atom is 0.251 e. The van der Waals surface area contributed by atoms with E-state index in [9.17, 15) is 13.2 Å². The van der Waals surface area contributed by atoms with Crippen molar-refractivity contribution in [2.45, 2.75) is 23.8 Å². The highest BCUT2D eigenvalue weighted by Gasteiger charge is 2.16. The highest BCUT2D eigenvalue weighted by molar-refractivity contribution is 7.89. The van der Waals surface area contributed by atoms with Crippen LogP contribution in [-0.4, -0.2) is 33.5 Å². The lowest BCUT2D eigenvalue weighted by molar-refractivity contribution is 0.0930. The summed E-state index contributed by atoms with van der Waals surface area (Å²) < 4.78 is 22.2. The van der Waals surface area contributed by atoms with Crippen LogP contribution in [0.4, 0.5) is 0 Å². The molecule has 0 saturated carbocycles. The van der Waals surface area contributed by atoms with Crippen LogP contribution < -0.4 is 15.8 Å². The molecule has 1 unspecified atom stereocenters. The van der Waals surface area contributed by atoms with E-state index in [0.29, 0.717) is 5.56 Å². The van der Waals surface area contributed by atoms with Gasteiger partial charge in [-0.05, 0) is 43.7 Å². The third-order valence-electron chi connectivity index (χ3n) is 3.08. The third kappa shape index (κ3) is 3.76. The zero-order valence-electron chi connectivity index (χ0n) is 10.4. The number of primary sulfonamides is 1. The molecule has 104 valence electrons. The van der Waals surface area contributed by atoms with Crippen molar-refractivity contribution in [2.75, 3.05) is 13.1 Å². The van der Waals surface area contributed by atoms with E-state index >= 15 is 0 Å². The number of benzene rings is 1. The van der Waals surface area contributed by atoms with E-state index in [2.05, 4.69) is 10.6 Å². The van der Waals surface area contributed by atoms with Crippen molar-refractivity contribution in [3.63, 3.8) is 0 Å². The summed E-state index contributed by atoms with van der Waals surface area (Å²) in [6.07, 6.45) is 1.99. The van der Waals surface area contributed by atoms with E-state index in [0.717, 1.165) is 25.9 Å². The van der Waals surface area contributed by atoms with Crippen LogP contribution in [0.15, 0.2) is 29.2 Å². The monoisotopic (exact) mass is 283 g/mol. The molecule has 1 amide bonds. The molecule has 19 heavy (non-hydrogen) atoms. The first-order chi connectivity index (χ1) is 8.97. The highest BCUT2D eigenvalue weighted by atomic mass is 32.2. The lowest BCUT2D eigenvalue weighted by Gasteiger charge is -2.23. The molecule has 1 heterocycles. The van der Waals surface area contributed by atoms with Crippen LogP contribution in [0.5, 0.6) is 0 Å². The topological polar surface area (TPSA) is 101 Å². The van der Waals surface area contributed by atoms with Crippen LogP contribution >= 0.6 is 0 Å². The number of amides is 1. The van der Waals surface area contributed by atoms with Crippen molar-refractivity contribution in [2.24, 2.45) is 5.14 Å². The first kappa shape index (κ1) is 14.0. The van der Waals surface area contributed by atoms with Gasteiger partial charge in [-0.3, -0.25) is 4.79 Å². The van der Waals surface area contributed by atoms with E-state index in [1.807, 2.05) is 0 Å². The first-order valence-corrected chi connectivity index (χ1v) is 7.66. The van der Waals surface area contributed by atoms with Crippen molar-refractivity contribution in [3.05, 3.63) is 29.8 Å². The summed E-state index contributed by atoms with van der Waals surface area (Å²) >= 11 is 0. The van der Waals surface area contributed by atoms with Gasteiger partial charge in [-0.1, -0.05) is 0 Å². The fraction of sp³-hybridized carbons (Fsp3) is 0.417. The van der Waals surface area contributed by atoms with Gasteiger partial charge in [0, 0.05) is 18.2 Å². The lowest BCUT2D eigenvalue weighted by Crippen LogP contribution is -2.45. The summed E-state index contributed by atoms with van der Waals surface area (Å²) in [4.78, 5) is 12.0. The number of sulfonamides is 1. The second-order valence-electron chi connectivity index (χ2n) is 4.59. The number of nitrogens with one attached hydrogen (secondary N) is 2. The maximum atomic E-state index is 12.0. The molecule has 6 nitrogen and oxygen atoms in total. The molecule has 1 saturated heterocycles. The fourth-order valence-corrected chi connectivity index (χ4v) is 2.56. The minimum absolute atomic E-state index is 0.00313. The molecule has 0 bridgehead atoms. The van der Waals surface area contributed by atoms with Gasteiger partial charge in [-0.2, -0.15) is 0 Å². The number of carbonyl (C=O) groups excluding carboxylic acids is 1. The minimum atomic E-state index is -3.71. The van der Waals surface area contributed by atoms with Gasteiger partial charge in [-0.25, -0.2) is 13.6 Å². The Morgan fingerprint density at radius 2 is 2.00 bits per heavy atom. The molecular weight excluding hydrogens is 266 g/mol. The zero-order valence-corrected chi connectivity index (χ0v) is 11.2. The Kier molecular flexibility index (Phi) is 4.18. The molecule has 2 rings (SSSR count). The van der Waals surface area contributed by atoms with Gasteiger partial charge in [0.2, 0.25) is 10.0 Å². The number of nitrogens with two attached hydrogens (primary N) is 1. The zero-order chi connectivity index (χ0) is 13.9. The Labute approximate surface area is 112 Å². The molecule has 7 heteroatoms. The van der Waals surface area contributed by atoms with Crippen molar-refractivity contribution >= 4 is 15.9 Å². The number of piperidine rings is 1. The van der Waals surface area contributed by atoms with Gasteiger partial charge in [0.15, 0.2) is 0 Å². The molecule has 1 fully saturated rings. The van der Waals surface area contributed by atoms with Crippen LogP contribution in [0.1, 0.15) is 23.2 Å². The Balaban J connectivity index is 2.03. The molecular formula is C12H17N3O3S. The van der Waals surface area contributed by atoms with Crippen molar-refractivity contribution in [3.8, 4) is 0 Å². The van der Waals surface area contributed by atoms with Crippen LogP contribution in [0.2, 0.25) is 0 Å². The average molecular weight is 283 g/mol. The number of carbonyl (C=O) groups is 1. The van der Waals surface area contributed by atoms with Crippen LogP contribution in [0.25, 0.3) is 0 Å². The smallest absolute Gasteiger partial charge is 0.251 e. The normalized spacial score (nSPS) is 19.9. The van der Waals surface area contributed by atoms with Gasteiger partial charge >= 0.3 is 0 Å². The molecule has 4 N–H and O–H groups in total. The second-order valence-corrected chi connectivity index (χ2v) is 6.15. The van der Waals surface area contributed by atoms with E-state index in [-0.39, 0.29) is 16.8 Å². The molecule has 1 aromatic rings. The molecule has 1 aliphatic rings. The first-order valence-electron chi connectivity index (χ1n) is 6.11. The van der Waals surface area contributed by atoms with Gasteiger partial charge in [0.25, 0.3) is 5.91 Å². The van der Waals surface area contributed by atoms with E-state index in [1.54, 1.807) is 0 Å². The minimum Gasteiger partial charge on any atom is -0.348 e. The van der Waals surface area contributed by atoms with E-state index < -0.39 is 10.0 Å². The molecule has 1 aliphatic heterocycles. The van der Waals surface area contributed by atoms with Crippen molar-refractivity contribution < 1.29 is 13.2 Å². The highest BCUT2D eigenvalue weighted by Crippen LogP contribution is 2.09. The Bertz CT molecular complexity index is 548. The summed E-state index contributed by atoms with van der Waals surface area (Å²) in [5, 5.41) is 11.1. The lowest BCUT2D eigenvalue weighted by atomic mass is 10.1. The van der Waals surface area contributed by atoms with Crippen molar-refractivity contribution in [1.29, 1.82) is 0 Å². The predicted octanol–water partition coefficient (Wildman–Crippen LogP) is -0.184. The van der Waals surface area contributed by atoms with Crippen LogP contribution in [-0.2, 0) is 10.0 Å². The summed E-state index contributed by atoms with van der Waals surface area (Å²) in [7, 11) is -3.71. The van der Waals surface area contributed by atoms with Crippen molar-refractivity contribution in [1.82, 2.24) is 10.6 Å². The standard InChI is InChI=1S/C12H17N3O3S/c13-19(17,18)11-5-3-9(4-6-11)12(16)15-10-2-1-7-14-8-10/h3-6,10,14H,1-2,7-8H2,(H,15,16)(H2,13,17,18). The molecule has 0 aliphatic carbocycles. The molecule has 1 atom stereocenters. The largest absolute Gasteiger partial charge is 0.348 e. The number of hydrogen-bond donors (Lipinski definition) is 3. The fourth-order valence-electron chi connectivity index (χ4n) is 2.04. The van der Waals surface area contributed by atoms with Gasteiger partial charge in [0.05, 0.1) is 4.90 Å². The summed E-state index contributed by atoms with van der Waals surface area (Å²) in [6, 6.07) is 5.72.